The molecule has 8 heteroatoms. The normalized spacial score (nSPS) is 11.4. The average molecular weight is 397 g/mol. The molecule has 0 atom stereocenters. The van der Waals surface area contributed by atoms with Gasteiger partial charge in [0.1, 0.15) is 6.54 Å². The minimum atomic E-state index is -0.416. The molecular formula is C20H17ClN4O3. The van der Waals surface area contributed by atoms with Crippen molar-refractivity contribution in [2.24, 2.45) is 0 Å². The lowest BCUT2D eigenvalue weighted by atomic mass is 10.2. The van der Waals surface area contributed by atoms with Crippen LogP contribution in [0.1, 0.15) is 25.8 Å². The van der Waals surface area contributed by atoms with E-state index >= 15 is 0 Å². The van der Waals surface area contributed by atoms with Gasteiger partial charge in [-0.15, -0.1) is 0 Å². The Hall–Kier alpha value is -3.19. The van der Waals surface area contributed by atoms with Crippen LogP contribution in [0.3, 0.4) is 0 Å². The van der Waals surface area contributed by atoms with E-state index in [2.05, 4.69) is 10.1 Å². The Morgan fingerprint density at radius 2 is 1.89 bits per heavy atom. The van der Waals surface area contributed by atoms with Crippen LogP contribution in [0.15, 0.2) is 62.6 Å². The SMILES string of the molecule is CC(C)n1c(=O)c2ccccc2n(Cc2nc(-c3cccc(Cl)c3)no2)c1=O. The molecule has 0 saturated heterocycles. The maximum absolute atomic E-state index is 13.0. The van der Waals surface area contributed by atoms with Gasteiger partial charge >= 0.3 is 5.69 Å². The van der Waals surface area contributed by atoms with Crippen LogP contribution in [0.5, 0.6) is 0 Å². The van der Waals surface area contributed by atoms with E-state index in [1.54, 1.807) is 56.3 Å². The lowest BCUT2D eigenvalue weighted by Crippen LogP contribution is -2.41. The third-order valence-electron chi connectivity index (χ3n) is 4.44. The molecule has 2 aromatic heterocycles. The molecule has 0 aliphatic rings. The molecule has 142 valence electrons. The van der Waals surface area contributed by atoms with Crippen molar-refractivity contribution in [3.63, 3.8) is 0 Å². The van der Waals surface area contributed by atoms with E-state index in [0.29, 0.717) is 27.3 Å². The summed E-state index contributed by atoms with van der Waals surface area (Å²) >= 11 is 6.02. The van der Waals surface area contributed by atoms with Crippen molar-refractivity contribution in [2.45, 2.75) is 26.4 Å². The second-order valence-electron chi connectivity index (χ2n) is 6.68. The summed E-state index contributed by atoms with van der Waals surface area (Å²) in [5, 5.41) is 5.01. The van der Waals surface area contributed by atoms with Gasteiger partial charge in [0, 0.05) is 16.6 Å². The van der Waals surface area contributed by atoms with Crippen LogP contribution in [-0.2, 0) is 6.54 Å². The molecule has 0 saturated carbocycles. The largest absolute Gasteiger partial charge is 0.337 e. The minimum Gasteiger partial charge on any atom is -0.337 e. The van der Waals surface area contributed by atoms with E-state index in [4.69, 9.17) is 16.1 Å². The van der Waals surface area contributed by atoms with Gasteiger partial charge in [0.2, 0.25) is 11.7 Å². The van der Waals surface area contributed by atoms with E-state index in [1.165, 1.54) is 9.13 Å². The van der Waals surface area contributed by atoms with E-state index in [-0.39, 0.29) is 24.0 Å². The number of rotatable bonds is 4. The lowest BCUT2D eigenvalue weighted by Gasteiger charge is -2.14. The third-order valence-corrected chi connectivity index (χ3v) is 4.68. The zero-order valence-electron chi connectivity index (χ0n) is 15.3. The summed E-state index contributed by atoms with van der Waals surface area (Å²) in [4.78, 5) is 30.1. The van der Waals surface area contributed by atoms with E-state index in [1.807, 2.05) is 6.07 Å². The molecule has 0 aliphatic heterocycles. The summed E-state index contributed by atoms with van der Waals surface area (Å²) in [6.07, 6.45) is 0. The van der Waals surface area contributed by atoms with Crippen molar-refractivity contribution in [3.05, 3.63) is 80.3 Å². The van der Waals surface area contributed by atoms with E-state index in [0.717, 1.165) is 0 Å². The Morgan fingerprint density at radius 3 is 2.64 bits per heavy atom. The van der Waals surface area contributed by atoms with E-state index < -0.39 is 5.69 Å². The minimum absolute atomic E-state index is 0.0555. The molecule has 2 aromatic carbocycles. The molecule has 0 amide bonds. The monoisotopic (exact) mass is 396 g/mol. The summed E-state index contributed by atoms with van der Waals surface area (Å²) in [7, 11) is 0. The molecular weight excluding hydrogens is 380 g/mol. The number of benzene rings is 2. The standard InChI is InChI=1S/C20H17ClN4O3/c1-12(2)25-19(26)15-8-3-4-9-16(15)24(20(25)27)11-17-22-18(23-28-17)13-6-5-7-14(21)10-13/h3-10,12H,11H2,1-2H3. The number of halogens is 1. The van der Waals surface area contributed by atoms with Gasteiger partial charge in [-0.05, 0) is 38.1 Å². The van der Waals surface area contributed by atoms with Gasteiger partial charge in [-0.2, -0.15) is 4.98 Å². The molecule has 0 spiro atoms. The third kappa shape index (κ3) is 3.14. The molecule has 0 fully saturated rings. The van der Waals surface area contributed by atoms with Crippen LogP contribution >= 0.6 is 11.6 Å². The fourth-order valence-corrected chi connectivity index (χ4v) is 3.34. The molecule has 28 heavy (non-hydrogen) atoms. The van der Waals surface area contributed by atoms with Crippen LogP contribution in [0.2, 0.25) is 5.02 Å². The highest BCUT2D eigenvalue weighted by atomic mass is 35.5. The van der Waals surface area contributed by atoms with Crippen LogP contribution in [0.25, 0.3) is 22.3 Å². The predicted molar refractivity (Wildman–Crippen MR) is 107 cm³/mol. The molecule has 0 aliphatic carbocycles. The fourth-order valence-electron chi connectivity index (χ4n) is 3.15. The molecule has 2 heterocycles. The maximum Gasteiger partial charge on any atom is 0.332 e. The Labute approximate surface area is 164 Å². The first-order valence-corrected chi connectivity index (χ1v) is 9.16. The lowest BCUT2D eigenvalue weighted by molar-refractivity contribution is 0.368. The molecule has 0 unspecified atom stereocenters. The summed E-state index contributed by atoms with van der Waals surface area (Å²) in [6.45, 7) is 3.65. The van der Waals surface area contributed by atoms with Gasteiger partial charge in [0.05, 0.1) is 10.9 Å². The van der Waals surface area contributed by atoms with Gasteiger partial charge in [-0.25, -0.2) is 4.79 Å². The topological polar surface area (TPSA) is 82.9 Å². The fraction of sp³-hybridized carbons (Fsp3) is 0.200. The van der Waals surface area contributed by atoms with Crippen LogP contribution in [0.4, 0.5) is 0 Å². The first-order chi connectivity index (χ1) is 13.5. The molecule has 7 nitrogen and oxygen atoms in total. The molecule has 4 rings (SSSR count). The Morgan fingerprint density at radius 1 is 1.11 bits per heavy atom. The van der Waals surface area contributed by atoms with Crippen LogP contribution in [-0.4, -0.2) is 19.3 Å². The van der Waals surface area contributed by atoms with Gasteiger partial charge in [-0.3, -0.25) is 13.9 Å². The quantitative estimate of drug-likeness (QED) is 0.527. The summed E-state index contributed by atoms with van der Waals surface area (Å²) in [5.74, 6) is 0.642. The first kappa shape index (κ1) is 18.2. The summed E-state index contributed by atoms with van der Waals surface area (Å²) in [5.41, 5.74) is 0.516. The number of fused-ring (bicyclic) bond motifs is 1. The predicted octanol–water partition coefficient (Wildman–Crippen LogP) is 3.50. The second-order valence-corrected chi connectivity index (χ2v) is 7.11. The summed E-state index contributed by atoms with van der Waals surface area (Å²) in [6, 6.07) is 13.8. The highest BCUT2D eigenvalue weighted by molar-refractivity contribution is 6.30. The molecule has 0 radical (unpaired) electrons. The Kier molecular flexibility index (Phi) is 4.60. The van der Waals surface area contributed by atoms with E-state index in [9.17, 15) is 9.59 Å². The molecule has 4 aromatic rings. The zero-order chi connectivity index (χ0) is 19.8. The smallest absolute Gasteiger partial charge is 0.332 e. The number of hydrogen-bond acceptors (Lipinski definition) is 5. The average Bonchev–Trinajstić information content (AvgIpc) is 3.14. The highest BCUT2D eigenvalue weighted by Gasteiger charge is 2.17. The van der Waals surface area contributed by atoms with Crippen molar-refractivity contribution < 1.29 is 4.52 Å². The first-order valence-electron chi connectivity index (χ1n) is 8.78. The van der Waals surface area contributed by atoms with Gasteiger partial charge in [0.25, 0.3) is 5.56 Å². The number of aromatic nitrogens is 4. The van der Waals surface area contributed by atoms with Crippen molar-refractivity contribution in [3.8, 4) is 11.4 Å². The van der Waals surface area contributed by atoms with Gasteiger partial charge in [-0.1, -0.05) is 41.0 Å². The van der Waals surface area contributed by atoms with Crippen LogP contribution < -0.4 is 11.2 Å². The van der Waals surface area contributed by atoms with Crippen molar-refractivity contribution in [1.29, 1.82) is 0 Å². The maximum atomic E-state index is 13.0. The number of nitrogens with zero attached hydrogens (tertiary/aromatic N) is 4. The van der Waals surface area contributed by atoms with Gasteiger partial charge < -0.3 is 4.52 Å². The second kappa shape index (κ2) is 7.09. The zero-order valence-corrected chi connectivity index (χ0v) is 16.1. The summed E-state index contributed by atoms with van der Waals surface area (Å²) < 4.78 is 8.06. The highest BCUT2D eigenvalue weighted by Crippen LogP contribution is 2.20. The van der Waals surface area contributed by atoms with Gasteiger partial charge in [0.15, 0.2) is 0 Å². The molecule has 0 N–H and O–H groups in total. The Bertz CT molecular complexity index is 1290. The van der Waals surface area contributed by atoms with Crippen molar-refractivity contribution in [1.82, 2.24) is 19.3 Å². The number of para-hydroxylation sites is 1. The Balaban J connectivity index is 1.83. The van der Waals surface area contributed by atoms with Crippen molar-refractivity contribution >= 4 is 22.5 Å². The van der Waals surface area contributed by atoms with Crippen LogP contribution in [0, 0.1) is 0 Å². The number of hydrogen-bond donors (Lipinski definition) is 0. The molecule has 0 bridgehead atoms. The van der Waals surface area contributed by atoms with Crippen molar-refractivity contribution in [2.75, 3.05) is 0 Å².